The topological polar surface area (TPSA) is 32.3 Å². The summed E-state index contributed by atoms with van der Waals surface area (Å²) in [6, 6.07) is 6.45. The van der Waals surface area contributed by atoms with Crippen LogP contribution in [0.25, 0.3) is 11.0 Å². The summed E-state index contributed by atoms with van der Waals surface area (Å²) >= 11 is 8.10. The predicted octanol–water partition coefficient (Wildman–Crippen LogP) is 3.30. The molecule has 2 aliphatic rings. The highest BCUT2D eigenvalue weighted by molar-refractivity contribution is 7.99. The Balaban J connectivity index is 1.44. The summed E-state index contributed by atoms with van der Waals surface area (Å²) in [6.07, 6.45) is 4.34. The predicted molar refractivity (Wildman–Crippen MR) is 98.7 cm³/mol. The molecule has 6 heteroatoms. The number of thioether (sulfide) groups is 1. The van der Waals surface area contributed by atoms with E-state index in [1.165, 1.54) is 37.4 Å². The van der Waals surface area contributed by atoms with Gasteiger partial charge in [-0.3, -0.25) is 9.88 Å². The second-order valence-electron chi connectivity index (χ2n) is 6.23. The summed E-state index contributed by atoms with van der Waals surface area (Å²) in [4.78, 5) is 14.3. The maximum atomic E-state index is 6.01. The molecule has 23 heavy (non-hydrogen) atoms. The minimum atomic E-state index is 0.708. The van der Waals surface area contributed by atoms with Crippen LogP contribution in [0.2, 0.25) is 5.02 Å². The number of fused-ring (bicyclic) bond motifs is 1. The average molecular weight is 349 g/mol. The lowest BCUT2D eigenvalue weighted by atomic mass is 10.0. The minimum absolute atomic E-state index is 0.708. The highest BCUT2D eigenvalue weighted by Gasteiger charge is 2.26. The van der Waals surface area contributed by atoms with Gasteiger partial charge in [-0.1, -0.05) is 11.6 Å². The summed E-state index contributed by atoms with van der Waals surface area (Å²) in [5.74, 6) is 3.57. The lowest BCUT2D eigenvalue weighted by Crippen LogP contribution is -2.48. The summed E-state index contributed by atoms with van der Waals surface area (Å²) < 4.78 is 0. The van der Waals surface area contributed by atoms with Crippen LogP contribution in [0.1, 0.15) is 12.8 Å². The van der Waals surface area contributed by atoms with Gasteiger partial charge >= 0.3 is 0 Å². The van der Waals surface area contributed by atoms with E-state index < -0.39 is 0 Å². The first kappa shape index (κ1) is 15.5. The van der Waals surface area contributed by atoms with E-state index >= 15 is 0 Å². The first-order valence-corrected chi connectivity index (χ1v) is 9.82. The van der Waals surface area contributed by atoms with E-state index in [2.05, 4.69) is 26.5 Å². The van der Waals surface area contributed by atoms with Crippen molar-refractivity contribution in [3.05, 3.63) is 29.4 Å². The quantitative estimate of drug-likeness (QED) is 0.831. The van der Waals surface area contributed by atoms with Crippen LogP contribution in [-0.4, -0.2) is 58.6 Å². The van der Waals surface area contributed by atoms with E-state index in [0.717, 1.165) is 36.0 Å². The van der Waals surface area contributed by atoms with Crippen LogP contribution >= 0.6 is 23.4 Å². The molecule has 0 N–H and O–H groups in total. The standard InChI is InChI=1S/C17H21ClN4S/c18-13-1-2-15-16(11-13)19-12-17(20-15)22-5-3-14(4-6-22)21-7-9-23-10-8-21/h1-2,11-12,14H,3-10H2. The molecule has 0 radical (unpaired) electrons. The number of rotatable bonds is 2. The molecule has 2 fully saturated rings. The van der Waals surface area contributed by atoms with Gasteiger partial charge in [0, 0.05) is 48.7 Å². The van der Waals surface area contributed by atoms with Gasteiger partial charge < -0.3 is 4.90 Å². The van der Waals surface area contributed by atoms with E-state index in [0.29, 0.717) is 5.02 Å². The fourth-order valence-corrected chi connectivity index (χ4v) is 4.63. The van der Waals surface area contributed by atoms with Gasteiger partial charge in [0.15, 0.2) is 0 Å². The van der Waals surface area contributed by atoms with E-state index in [-0.39, 0.29) is 0 Å². The average Bonchev–Trinajstić information content (AvgIpc) is 2.62. The molecule has 2 aliphatic heterocycles. The molecule has 1 aromatic heterocycles. The Labute approximate surface area is 146 Å². The van der Waals surface area contributed by atoms with Gasteiger partial charge in [-0.2, -0.15) is 11.8 Å². The number of benzene rings is 1. The van der Waals surface area contributed by atoms with Crippen LogP contribution < -0.4 is 4.90 Å². The molecule has 4 nitrogen and oxygen atoms in total. The third-order valence-corrected chi connectivity index (χ3v) is 6.02. The van der Waals surface area contributed by atoms with Crippen molar-refractivity contribution in [2.24, 2.45) is 0 Å². The van der Waals surface area contributed by atoms with Gasteiger partial charge in [-0.25, -0.2) is 4.98 Å². The molecular weight excluding hydrogens is 328 g/mol. The van der Waals surface area contributed by atoms with Crippen molar-refractivity contribution in [2.45, 2.75) is 18.9 Å². The van der Waals surface area contributed by atoms with E-state index in [9.17, 15) is 0 Å². The maximum absolute atomic E-state index is 6.01. The van der Waals surface area contributed by atoms with Gasteiger partial charge in [-0.05, 0) is 31.0 Å². The molecule has 0 aliphatic carbocycles. The van der Waals surface area contributed by atoms with Gasteiger partial charge in [0.1, 0.15) is 5.82 Å². The molecule has 4 rings (SSSR count). The van der Waals surface area contributed by atoms with Gasteiger partial charge in [0.2, 0.25) is 0 Å². The monoisotopic (exact) mass is 348 g/mol. The Kier molecular flexibility index (Phi) is 4.60. The Morgan fingerprint density at radius 2 is 1.83 bits per heavy atom. The molecule has 122 valence electrons. The van der Waals surface area contributed by atoms with Crippen LogP contribution in [0.4, 0.5) is 5.82 Å². The molecule has 0 unspecified atom stereocenters. The van der Waals surface area contributed by atoms with Crippen molar-refractivity contribution in [3.8, 4) is 0 Å². The zero-order valence-corrected chi connectivity index (χ0v) is 14.7. The van der Waals surface area contributed by atoms with Crippen LogP contribution in [0, 0.1) is 0 Å². The van der Waals surface area contributed by atoms with Crippen molar-refractivity contribution in [3.63, 3.8) is 0 Å². The highest BCUT2D eigenvalue weighted by atomic mass is 35.5. The van der Waals surface area contributed by atoms with Crippen molar-refractivity contribution in [2.75, 3.05) is 42.6 Å². The summed E-state index contributed by atoms with van der Waals surface area (Å²) in [7, 11) is 0. The Bertz CT molecular complexity index is 681. The summed E-state index contributed by atoms with van der Waals surface area (Å²) in [5, 5.41) is 0.708. The number of hydrogen-bond donors (Lipinski definition) is 0. The molecule has 2 aromatic rings. The first-order valence-electron chi connectivity index (χ1n) is 8.29. The molecule has 0 atom stereocenters. The summed E-state index contributed by atoms with van der Waals surface area (Å²) in [5.41, 5.74) is 1.78. The third-order valence-electron chi connectivity index (χ3n) is 4.84. The minimum Gasteiger partial charge on any atom is -0.355 e. The maximum Gasteiger partial charge on any atom is 0.147 e. The van der Waals surface area contributed by atoms with Crippen LogP contribution in [0.5, 0.6) is 0 Å². The molecule has 3 heterocycles. The fraction of sp³-hybridized carbons (Fsp3) is 0.529. The van der Waals surface area contributed by atoms with Crippen molar-refractivity contribution in [1.82, 2.24) is 14.9 Å². The molecule has 0 spiro atoms. The molecule has 2 saturated heterocycles. The summed E-state index contributed by atoms with van der Waals surface area (Å²) in [6.45, 7) is 4.65. The number of hydrogen-bond acceptors (Lipinski definition) is 5. The first-order chi connectivity index (χ1) is 11.3. The molecule has 0 bridgehead atoms. The number of halogens is 1. The molecular formula is C17H21ClN4S. The fourth-order valence-electron chi connectivity index (χ4n) is 3.53. The van der Waals surface area contributed by atoms with E-state index in [1.807, 2.05) is 24.4 Å². The van der Waals surface area contributed by atoms with Crippen molar-refractivity contribution in [1.29, 1.82) is 0 Å². The normalized spacial score (nSPS) is 21.0. The lowest BCUT2D eigenvalue weighted by Gasteiger charge is -2.40. The number of anilines is 1. The lowest BCUT2D eigenvalue weighted by molar-refractivity contribution is 0.185. The zero-order valence-electron chi connectivity index (χ0n) is 13.1. The Morgan fingerprint density at radius 3 is 2.61 bits per heavy atom. The van der Waals surface area contributed by atoms with E-state index in [1.54, 1.807) is 0 Å². The highest BCUT2D eigenvalue weighted by Crippen LogP contribution is 2.24. The Hall–Kier alpha value is -1.04. The SMILES string of the molecule is Clc1ccc2nc(N3CCC(N4CCSCC4)CC3)cnc2c1. The second kappa shape index (κ2) is 6.83. The van der Waals surface area contributed by atoms with Crippen LogP contribution in [0.3, 0.4) is 0 Å². The van der Waals surface area contributed by atoms with Crippen molar-refractivity contribution < 1.29 is 0 Å². The molecule has 0 amide bonds. The van der Waals surface area contributed by atoms with Gasteiger partial charge in [-0.15, -0.1) is 0 Å². The number of nitrogens with zero attached hydrogens (tertiary/aromatic N) is 4. The van der Waals surface area contributed by atoms with Gasteiger partial charge in [0.25, 0.3) is 0 Å². The third kappa shape index (κ3) is 3.42. The van der Waals surface area contributed by atoms with Gasteiger partial charge in [0.05, 0.1) is 17.2 Å². The van der Waals surface area contributed by atoms with Crippen LogP contribution in [-0.2, 0) is 0 Å². The molecule has 1 aromatic carbocycles. The Morgan fingerprint density at radius 1 is 1.04 bits per heavy atom. The van der Waals surface area contributed by atoms with Crippen molar-refractivity contribution >= 4 is 40.2 Å². The van der Waals surface area contributed by atoms with E-state index in [4.69, 9.17) is 16.6 Å². The number of piperidine rings is 1. The smallest absolute Gasteiger partial charge is 0.147 e. The number of aromatic nitrogens is 2. The second-order valence-corrected chi connectivity index (χ2v) is 7.89. The largest absolute Gasteiger partial charge is 0.355 e. The van der Waals surface area contributed by atoms with Crippen LogP contribution in [0.15, 0.2) is 24.4 Å². The molecule has 0 saturated carbocycles. The zero-order chi connectivity index (χ0) is 15.6.